The second-order valence-electron chi connectivity index (χ2n) is 3.04. The SMILES string of the molecule is CCOCCCCCOCCOC(N)=O. The largest absolute Gasteiger partial charge is 0.447 e. The summed E-state index contributed by atoms with van der Waals surface area (Å²) in [5.74, 6) is 0. The Morgan fingerprint density at radius 2 is 1.67 bits per heavy atom. The van der Waals surface area contributed by atoms with Crippen LogP contribution in [0.2, 0.25) is 0 Å². The van der Waals surface area contributed by atoms with Crippen molar-refractivity contribution in [1.29, 1.82) is 0 Å². The van der Waals surface area contributed by atoms with Crippen molar-refractivity contribution in [1.82, 2.24) is 0 Å². The standard InChI is InChI=1S/C10H21NO4/c1-2-13-6-4-3-5-7-14-8-9-15-10(11)12/h2-9H2,1H3,(H2,11,12). The fourth-order valence-electron chi connectivity index (χ4n) is 1.03. The molecule has 0 saturated carbocycles. The minimum Gasteiger partial charge on any atom is -0.447 e. The molecule has 1 amide bonds. The molecule has 0 atom stereocenters. The van der Waals surface area contributed by atoms with Crippen LogP contribution in [-0.4, -0.2) is 39.1 Å². The van der Waals surface area contributed by atoms with E-state index in [1.165, 1.54) is 0 Å². The second-order valence-corrected chi connectivity index (χ2v) is 3.04. The van der Waals surface area contributed by atoms with Crippen LogP contribution in [0.1, 0.15) is 26.2 Å². The van der Waals surface area contributed by atoms with Crippen LogP contribution < -0.4 is 5.73 Å². The quantitative estimate of drug-likeness (QED) is 0.562. The lowest BCUT2D eigenvalue weighted by Gasteiger charge is -2.04. The summed E-state index contributed by atoms with van der Waals surface area (Å²) in [6.07, 6.45) is 2.41. The van der Waals surface area contributed by atoms with Crippen molar-refractivity contribution in [2.24, 2.45) is 5.73 Å². The van der Waals surface area contributed by atoms with Crippen molar-refractivity contribution < 1.29 is 19.0 Å². The Kier molecular flexibility index (Phi) is 10.7. The van der Waals surface area contributed by atoms with Crippen molar-refractivity contribution in [3.8, 4) is 0 Å². The van der Waals surface area contributed by atoms with E-state index in [1.807, 2.05) is 6.92 Å². The summed E-state index contributed by atoms with van der Waals surface area (Å²) in [6.45, 7) is 4.92. The van der Waals surface area contributed by atoms with Gasteiger partial charge in [-0.05, 0) is 26.2 Å². The third-order valence-corrected chi connectivity index (χ3v) is 1.75. The van der Waals surface area contributed by atoms with Crippen LogP contribution in [0.15, 0.2) is 0 Å². The normalized spacial score (nSPS) is 10.2. The third-order valence-electron chi connectivity index (χ3n) is 1.75. The number of primary amides is 1. The Hall–Kier alpha value is -0.810. The maximum atomic E-state index is 10.2. The zero-order valence-corrected chi connectivity index (χ0v) is 9.37. The predicted molar refractivity (Wildman–Crippen MR) is 56.7 cm³/mol. The maximum Gasteiger partial charge on any atom is 0.404 e. The number of hydrogen-bond donors (Lipinski definition) is 1. The monoisotopic (exact) mass is 219 g/mol. The first-order valence-corrected chi connectivity index (χ1v) is 5.35. The van der Waals surface area contributed by atoms with Crippen molar-refractivity contribution in [2.45, 2.75) is 26.2 Å². The highest BCUT2D eigenvalue weighted by Crippen LogP contribution is 1.96. The number of amides is 1. The van der Waals surface area contributed by atoms with Gasteiger partial charge in [0.15, 0.2) is 0 Å². The summed E-state index contributed by atoms with van der Waals surface area (Å²) < 4.78 is 14.9. The fraction of sp³-hybridized carbons (Fsp3) is 0.900. The van der Waals surface area contributed by atoms with Gasteiger partial charge in [-0.1, -0.05) is 0 Å². The van der Waals surface area contributed by atoms with E-state index in [1.54, 1.807) is 0 Å². The van der Waals surface area contributed by atoms with Crippen LogP contribution in [-0.2, 0) is 14.2 Å². The Bertz CT molecular complexity index is 152. The molecule has 0 heterocycles. The van der Waals surface area contributed by atoms with Crippen LogP contribution in [0.4, 0.5) is 4.79 Å². The van der Waals surface area contributed by atoms with Gasteiger partial charge in [-0.3, -0.25) is 0 Å². The molecule has 0 aromatic heterocycles. The molecule has 0 radical (unpaired) electrons. The van der Waals surface area contributed by atoms with Crippen LogP contribution in [0, 0.1) is 0 Å². The minimum absolute atomic E-state index is 0.230. The highest BCUT2D eigenvalue weighted by Gasteiger charge is 1.94. The van der Waals surface area contributed by atoms with Gasteiger partial charge in [0.05, 0.1) is 6.61 Å². The molecule has 0 rings (SSSR count). The van der Waals surface area contributed by atoms with E-state index in [-0.39, 0.29) is 6.61 Å². The van der Waals surface area contributed by atoms with Gasteiger partial charge in [0.2, 0.25) is 0 Å². The molecule has 2 N–H and O–H groups in total. The Morgan fingerprint density at radius 3 is 2.27 bits per heavy atom. The molecule has 15 heavy (non-hydrogen) atoms. The number of rotatable bonds is 10. The van der Waals surface area contributed by atoms with E-state index < -0.39 is 6.09 Å². The molecule has 5 heteroatoms. The lowest BCUT2D eigenvalue weighted by Crippen LogP contribution is -2.16. The molecule has 0 aliphatic rings. The number of hydrogen-bond acceptors (Lipinski definition) is 4. The maximum absolute atomic E-state index is 10.2. The van der Waals surface area contributed by atoms with Crippen molar-refractivity contribution in [3.63, 3.8) is 0 Å². The van der Waals surface area contributed by atoms with E-state index in [4.69, 9.17) is 15.2 Å². The zero-order valence-electron chi connectivity index (χ0n) is 9.37. The number of unbranched alkanes of at least 4 members (excludes halogenated alkanes) is 2. The average molecular weight is 219 g/mol. The fourth-order valence-corrected chi connectivity index (χ4v) is 1.03. The molecular formula is C10H21NO4. The van der Waals surface area contributed by atoms with E-state index >= 15 is 0 Å². The van der Waals surface area contributed by atoms with Crippen molar-refractivity contribution in [2.75, 3.05) is 33.0 Å². The molecular weight excluding hydrogens is 198 g/mol. The lowest BCUT2D eigenvalue weighted by molar-refractivity contribution is 0.0729. The molecule has 0 spiro atoms. The molecule has 0 fully saturated rings. The number of carbonyl (C=O) groups is 1. The first kappa shape index (κ1) is 14.2. The number of ether oxygens (including phenoxy) is 3. The summed E-state index contributed by atoms with van der Waals surface area (Å²) in [4.78, 5) is 10.2. The van der Waals surface area contributed by atoms with E-state index in [2.05, 4.69) is 4.74 Å². The Labute approximate surface area is 90.9 Å². The van der Waals surface area contributed by atoms with Gasteiger partial charge in [0, 0.05) is 19.8 Å². The average Bonchev–Trinajstić information content (AvgIpc) is 2.20. The summed E-state index contributed by atoms with van der Waals surface area (Å²) in [5.41, 5.74) is 4.77. The van der Waals surface area contributed by atoms with Crippen LogP contribution in [0.5, 0.6) is 0 Å². The van der Waals surface area contributed by atoms with Gasteiger partial charge in [0.1, 0.15) is 6.61 Å². The molecule has 0 aliphatic heterocycles. The van der Waals surface area contributed by atoms with Crippen molar-refractivity contribution >= 4 is 6.09 Å². The van der Waals surface area contributed by atoms with E-state index in [0.717, 1.165) is 32.5 Å². The summed E-state index contributed by atoms with van der Waals surface area (Å²) in [7, 11) is 0. The van der Waals surface area contributed by atoms with E-state index in [9.17, 15) is 4.79 Å². The van der Waals surface area contributed by atoms with E-state index in [0.29, 0.717) is 13.2 Å². The first-order valence-electron chi connectivity index (χ1n) is 5.35. The smallest absolute Gasteiger partial charge is 0.404 e. The molecule has 90 valence electrons. The van der Waals surface area contributed by atoms with Gasteiger partial charge in [0.25, 0.3) is 0 Å². The summed E-state index contributed by atoms with van der Waals surface area (Å²) >= 11 is 0. The van der Waals surface area contributed by atoms with Crippen molar-refractivity contribution in [3.05, 3.63) is 0 Å². The van der Waals surface area contributed by atoms with Crippen LogP contribution >= 0.6 is 0 Å². The summed E-state index contributed by atoms with van der Waals surface area (Å²) in [5, 5.41) is 0. The van der Waals surface area contributed by atoms with Gasteiger partial charge in [-0.2, -0.15) is 0 Å². The molecule has 0 aromatic carbocycles. The Balaban J connectivity index is 2.89. The van der Waals surface area contributed by atoms with Gasteiger partial charge in [-0.15, -0.1) is 0 Å². The topological polar surface area (TPSA) is 70.8 Å². The minimum atomic E-state index is -0.754. The second kappa shape index (κ2) is 11.3. The zero-order chi connectivity index (χ0) is 11.4. The molecule has 0 unspecified atom stereocenters. The molecule has 0 saturated heterocycles. The summed E-state index contributed by atoms with van der Waals surface area (Å²) in [6, 6.07) is 0. The van der Waals surface area contributed by atoms with Gasteiger partial charge in [-0.25, -0.2) is 4.79 Å². The number of carbonyl (C=O) groups excluding carboxylic acids is 1. The Morgan fingerprint density at radius 1 is 1.00 bits per heavy atom. The third kappa shape index (κ3) is 13.2. The van der Waals surface area contributed by atoms with Gasteiger partial charge >= 0.3 is 6.09 Å². The molecule has 0 aliphatic carbocycles. The molecule has 5 nitrogen and oxygen atoms in total. The van der Waals surface area contributed by atoms with Gasteiger partial charge < -0.3 is 19.9 Å². The number of nitrogens with two attached hydrogens (primary N) is 1. The van der Waals surface area contributed by atoms with Crippen LogP contribution in [0.25, 0.3) is 0 Å². The molecule has 0 aromatic rings. The first-order chi connectivity index (χ1) is 7.27. The lowest BCUT2D eigenvalue weighted by atomic mass is 10.2. The van der Waals surface area contributed by atoms with Crippen LogP contribution in [0.3, 0.4) is 0 Å². The molecule has 0 bridgehead atoms. The predicted octanol–water partition coefficient (Wildman–Crippen LogP) is 1.31. The highest BCUT2D eigenvalue weighted by atomic mass is 16.6. The highest BCUT2D eigenvalue weighted by molar-refractivity contribution is 5.64.